The number of amides is 2. The minimum absolute atomic E-state index is 0.00586. The quantitative estimate of drug-likeness (QED) is 0.249. The number of rotatable bonds is 7. The van der Waals surface area contributed by atoms with Crippen LogP contribution in [0.1, 0.15) is 152 Å². The van der Waals surface area contributed by atoms with Crippen molar-refractivity contribution in [1.82, 2.24) is 15.1 Å². The van der Waals surface area contributed by atoms with Crippen molar-refractivity contribution in [2.75, 3.05) is 26.2 Å². The van der Waals surface area contributed by atoms with Gasteiger partial charge in [-0.25, -0.2) is 4.79 Å². The standard InChI is InChI=1S/C47H73N3O6/c1-28(2)37-33(51)26-47(48-41(55)50-24-12-13-29(50)27-49-22-10-11-23-49)21-20-45(8)30(38(37)47)14-15-35-44(7)18-17-36(43(5,6)34(44)16-19-46(35,45)9)56-40(54)32-25-31(39(52)53)42(32,3)4/h28-32,34-36H,10-27H2,1-9H3,(H,48,55)(H,52,53)/t29-,30+,31-,32+,34-,35+,36-,44-,45+,46+,47+/m0/s1. The van der Waals surface area contributed by atoms with Crippen LogP contribution in [0.4, 0.5) is 4.79 Å². The van der Waals surface area contributed by atoms with Gasteiger partial charge in [0.2, 0.25) is 0 Å². The number of ketones is 1. The predicted molar refractivity (Wildman–Crippen MR) is 217 cm³/mol. The van der Waals surface area contributed by atoms with E-state index in [0.717, 1.165) is 96.0 Å². The van der Waals surface area contributed by atoms with Gasteiger partial charge < -0.3 is 25.0 Å². The molecule has 0 bridgehead atoms. The second kappa shape index (κ2) is 13.6. The number of esters is 1. The van der Waals surface area contributed by atoms with Gasteiger partial charge in [-0.05, 0) is 153 Å². The first-order valence-electron chi connectivity index (χ1n) is 22.7. The van der Waals surface area contributed by atoms with Crippen molar-refractivity contribution in [2.45, 2.75) is 170 Å². The molecule has 0 aromatic heterocycles. The van der Waals surface area contributed by atoms with Gasteiger partial charge in [0.15, 0.2) is 5.78 Å². The van der Waals surface area contributed by atoms with Crippen molar-refractivity contribution >= 4 is 23.8 Å². The summed E-state index contributed by atoms with van der Waals surface area (Å²) in [5.74, 6) is -0.397. The molecule has 2 aliphatic heterocycles. The Kier molecular flexibility index (Phi) is 9.77. The number of carboxylic acids is 1. The van der Waals surface area contributed by atoms with Crippen LogP contribution in [-0.4, -0.2) is 82.5 Å². The van der Waals surface area contributed by atoms with Crippen molar-refractivity contribution in [2.24, 2.45) is 62.6 Å². The lowest BCUT2D eigenvalue weighted by atomic mass is 9.33. The third-order valence-electron chi connectivity index (χ3n) is 19.1. The molecular formula is C47H73N3O6. The van der Waals surface area contributed by atoms with Gasteiger partial charge in [0.1, 0.15) is 6.10 Å². The molecule has 8 aliphatic rings. The molecule has 9 nitrogen and oxygen atoms in total. The van der Waals surface area contributed by atoms with Crippen LogP contribution in [0.25, 0.3) is 0 Å². The number of nitrogens with zero attached hydrogens (tertiary/aromatic N) is 2. The summed E-state index contributed by atoms with van der Waals surface area (Å²) < 4.78 is 6.44. The van der Waals surface area contributed by atoms with E-state index < -0.39 is 22.8 Å². The zero-order chi connectivity index (χ0) is 40.4. The molecule has 0 aromatic rings. The number of aliphatic carboxylic acids is 1. The maximum absolute atomic E-state index is 14.4. The lowest BCUT2D eigenvalue weighted by Gasteiger charge is -2.72. The van der Waals surface area contributed by atoms with Gasteiger partial charge >= 0.3 is 18.0 Å². The van der Waals surface area contributed by atoms with Gasteiger partial charge in [-0.1, -0.05) is 62.3 Å². The Labute approximate surface area is 336 Å². The zero-order valence-corrected chi connectivity index (χ0v) is 36.2. The van der Waals surface area contributed by atoms with Crippen LogP contribution in [0.3, 0.4) is 0 Å². The number of likely N-dealkylation sites (tertiary alicyclic amines) is 2. The number of carbonyl (C=O) groups is 4. The van der Waals surface area contributed by atoms with E-state index in [4.69, 9.17) is 4.74 Å². The van der Waals surface area contributed by atoms with E-state index in [9.17, 15) is 24.3 Å². The first-order chi connectivity index (χ1) is 26.2. The minimum atomic E-state index is -0.824. The maximum Gasteiger partial charge on any atom is 0.318 e. The highest BCUT2D eigenvalue weighted by atomic mass is 16.5. The van der Waals surface area contributed by atoms with Crippen LogP contribution < -0.4 is 5.32 Å². The number of urea groups is 1. The number of fused-ring (bicyclic) bond motifs is 7. The Hall–Kier alpha value is -2.42. The summed E-state index contributed by atoms with van der Waals surface area (Å²) >= 11 is 0. The third-order valence-corrected chi connectivity index (χ3v) is 19.1. The fourth-order valence-corrected chi connectivity index (χ4v) is 15.7. The molecule has 2 amide bonds. The Balaban J connectivity index is 1.04. The molecule has 5 saturated carbocycles. The number of nitrogens with one attached hydrogen (secondary N) is 1. The monoisotopic (exact) mass is 776 g/mol. The first-order valence-corrected chi connectivity index (χ1v) is 22.7. The zero-order valence-electron chi connectivity index (χ0n) is 36.2. The molecule has 2 N–H and O–H groups in total. The summed E-state index contributed by atoms with van der Waals surface area (Å²) in [5.41, 5.74) is 1.04. The first kappa shape index (κ1) is 40.4. The highest BCUT2D eigenvalue weighted by molar-refractivity contribution is 6.02. The van der Waals surface area contributed by atoms with Crippen LogP contribution in [0, 0.1) is 62.6 Å². The van der Waals surface area contributed by atoms with Crippen molar-refractivity contribution in [1.29, 1.82) is 0 Å². The van der Waals surface area contributed by atoms with E-state index in [-0.39, 0.29) is 69.3 Å². The molecule has 312 valence electrons. The van der Waals surface area contributed by atoms with Crippen molar-refractivity contribution < 1.29 is 29.0 Å². The minimum Gasteiger partial charge on any atom is -0.481 e. The molecular weight excluding hydrogens is 703 g/mol. The molecule has 8 rings (SSSR count). The highest BCUT2D eigenvalue weighted by Gasteiger charge is 2.70. The number of carboxylic acid groups (broad SMARTS) is 1. The van der Waals surface area contributed by atoms with E-state index in [1.165, 1.54) is 18.4 Å². The van der Waals surface area contributed by atoms with Crippen LogP contribution >= 0.6 is 0 Å². The predicted octanol–water partition coefficient (Wildman–Crippen LogP) is 8.65. The van der Waals surface area contributed by atoms with Gasteiger partial charge in [0.05, 0.1) is 17.4 Å². The van der Waals surface area contributed by atoms with E-state index >= 15 is 0 Å². The Bertz CT molecular complexity index is 1680. The van der Waals surface area contributed by atoms with Gasteiger partial charge in [-0.2, -0.15) is 0 Å². The second-order valence-electron chi connectivity index (χ2n) is 22.5. The number of ether oxygens (including phenoxy) is 1. The van der Waals surface area contributed by atoms with Gasteiger partial charge in [-0.3, -0.25) is 14.4 Å². The SMILES string of the molecule is CC(C)C1=C2[C@H]3CC[C@@H]4[C@@]5(C)CC[C@H](OC(=O)[C@H]6C[C@@H](C(=O)O)C6(C)C)C(C)(C)[C@@H]5CC[C@@]4(C)[C@]3(C)CC[C@@]2(NC(=O)N2CCC[C@H]2CN2CCCC2)CC1=O. The number of allylic oxidation sites excluding steroid dienone is 1. The molecule has 2 heterocycles. The molecule has 6 aliphatic carbocycles. The molecule has 9 heteroatoms. The maximum atomic E-state index is 14.4. The van der Waals surface area contributed by atoms with E-state index in [2.05, 4.69) is 63.6 Å². The van der Waals surface area contributed by atoms with Crippen LogP contribution in [0.2, 0.25) is 0 Å². The number of carbonyl (C=O) groups excluding carboxylic acids is 3. The lowest BCUT2D eigenvalue weighted by molar-refractivity contribution is -0.235. The Morgan fingerprint density at radius 2 is 1.52 bits per heavy atom. The summed E-state index contributed by atoms with van der Waals surface area (Å²) in [6, 6.07) is 0.288. The summed E-state index contributed by atoms with van der Waals surface area (Å²) in [5, 5.41) is 13.4. The molecule has 2 saturated heterocycles. The number of hydrogen-bond donors (Lipinski definition) is 2. The lowest BCUT2D eigenvalue weighted by Crippen LogP contribution is -2.68. The van der Waals surface area contributed by atoms with Crippen molar-refractivity contribution in [3.8, 4) is 0 Å². The van der Waals surface area contributed by atoms with Gasteiger partial charge in [0.25, 0.3) is 0 Å². The van der Waals surface area contributed by atoms with E-state index in [1.807, 2.05) is 13.8 Å². The topological polar surface area (TPSA) is 116 Å². The number of hydrogen-bond acceptors (Lipinski definition) is 6. The van der Waals surface area contributed by atoms with E-state index in [0.29, 0.717) is 24.7 Å². The fourth-order valence-electron chi connectivity index (χ4n) is 15.7. The van der Waals surface area contributed by atoms with E-state index in [1.54, 1.807) is 0 Å². The van der Waals surface area contributed by atoms with Gasteiger partial charge in [0, 0.05) is 31.0 Å². The molecule has 11 atom stereocenters. The van der Waals surface area contributed by atoms with Gasteiger partial charge in [-0.15, -0.1) is 0 Å². The molecule has 0 aromatic carbocycles. The van der Waals surface area contributed by atoms with Crippen molar-refractivity contribution in [3.05, 3.63) is 11.1 Å². The fraction of sp³-hybridized carbons (Fsp3) is 0.872. The average Bonchev–Trinajstić information content (AvgIpc) is 3.85. The summed E-state index contributed by atoms with van der Waals surface area (Å²) in [6.07, 6.45) is 13.2. The summed E-state index contributed by atoms with van der Waals surface area (Å²) in [6.45, 7) is 24.5. The van der Waals surface area contributed by atoms with Crippen LogP contribution in [0.15, 0.2) is 11.1 Å². The average molecular weight is 776 g/mol. The Morgan fingerprint density at radius 3 is 2.18 bits per heavy atom. The van der Waals surface area contributed by atoms with Crippen LogP contribution in [0.5, 0.6) is 0 Å². The smallest absolute Gasteiger partial charge is 0.318 e. The molecule has 56 heavy (non-hydrogen) atoms. The summed E-state index contributed by atoms with van der Waals surface area (Å²) in [4.78, 5) is 58.7. The molecule has 7 fully saturated rings. The Morgan fingerprint density at radius 1 is 0.804 bits per heavy atom. The summed E-state index contributed by atoms with van der Waals surface area (Å²) in [7, 11) is 0. The molecule has 0 spiro atoms. The largest absolute Gasteiger partial charge is 0.481 e. The second-order valence-corrected chi connectivity index (χ2v) is 22.5. The van der Waals surface area contributed by atoms with Crippen LogP contribution in [-0.2, 0) is 19.1 Å². The highest BCUT2D eigenvalue weighted by Crippen LogP contribution is 2.76. The molecule has 0 unspecified atom stereocenters. The van der Waals surface area contributed by atoms with Crippen molar-refractivity contribution in [3.63, 3.8) is 0 Å². The molecule has 0 radical (unpaired) electrons. The number of Topliss-reactive ketones (excluding diaryl/α,β-unsaturated/α-hetero) is 1. The normalized spacial score (nSPS) is 44.1. The third kappa shape index (κ3) is 5.74.